The van der Waals surface area contributed by atoms with E-state index in [2.05, 4.69) is 0 Å². The van der Waals surface area contributed by atoms with Gasteiger partial charge in [-0.1, -0.05) is 36.4 Å². The molecule has 0 fully saturated rings. The average molecular weight is 147 g/mol. The minimum absolute atomic E-state index is 0. The summed E-state index contributed by atoms with van der Waals surface area (Å²) in [4.78, 5) is 0. The molecule has 0 heterocycles. The van der Waals surface area contributed by atoms with E-state index in [9.17, 15) is 0 Å². The molecule has 0 atom stereocenters. The third kappa shape index (κ3) is 10.2. The van der Waals surface area contributed by atoms with Crippen molar-refractivity contribution in [3.05, 3.63) is 36.4 Å². The van der Waals surface area contributed by atoms with Crippen molar-refractivity contribution in [3.63, 3.8) is 0 Å². The van der Waals surface area contributed by atoms with Crippen molar-refractivity contribution in [1.29, 1.82) is 0 Å². The van der Waals surface area contributed by atoms with Gasteiger partial charge in [-0.15, -0.1) is 0 Å². The molecule has 0 amide bonds. The molecule has 0 aromatic heterocycles. The molecule has 0 aliphatic heterocycles. The molecule has 0 aliphatic carbocycles. The zero-order valence-corrected chi connectivity index (χ0v) is 12.5. The summed E-state index contributed by atoms with van der Waals surface area (Å²) in [5.41, 5.74) is 0. The first-order chi connectivity index (χ1) is 3.00. The van der Waals surface area contributed by atoms with Gasteiger partial charge in [0.15, 0.2) is 0 Å². The van der Waals surface area contributed by atoms with Crippen LogP contribution in [0, 0.1) is 0 Å². The fraction of sp³-hybridized carbons (Fsp3) is 0. The molecule has 1 aromatic rings. The smallest absolute Gasteiger partial charge is 0 e. The molecule has 0 aliphatic rings. The summed E-state index contributed by atoms with van der Waals surface area (Å²) in [6, 6.07) is 12.0. The molecule has 33 valence electrons. The second-order valence-corrected chi connectivity index (χ2v) is 1.15. The molecular weight excluding hydrogens is 141 g/mol. The fourth-order valence-electron chi connectivity index (χ4n) is 0.385. The Hall–Kier alpha value is 2.22. The summed E-state index contributed by atoms with van der Waals surface area (Å²) in [5, 5.41) is 0. The van der Waals surface area contributed by atoms with Crippen molar-refractivity contribution in [2.75, 3.05) is 0 Å². The SMILES string of the molecule is [Na].[Na].[Na].c1ccccc1. The summed E-state index contributed by atoms with van der Waals surface area (Å²) in [7, 11) is 0. The quantitative estimate of drug-likeness (QED) is 0.470. The first-order valence-electron chi connectivity index (χ1n) is 2.00. The summed E-state index contributed by atoms with van der Waals surface area (Å²) >= 11 is 0. The standard InChI is InChI=1S/C6H6.3Na/c1-2-4-6-5-3-1;;;/h1-6H;;;. The molecule has 1 rings (SSSR count). The van der Waals surface area contributed by atoms with Gasteiger partial charge < -0.3 is 0 Å². The summed E-state index contributed by atoms with van der Waals surface area (Å²) in [5.74, 6) is 0. The van der Waals surface area contributed by atoms with Gasteiger partial charge in [-0.25, -0.2) is 0 Å². The Kier molecular flexibility index (Phi) is 24.8. The largest absolute Gasteiger partial charge is 0.0623 e. The van der Waals surface area contributed by atoms with Gasteiger partial charge in [-0.05, 0) is 0 Å². The van der Waals surface area contributed by atoms with Crippen LogP contribution in [0.15, 0.2) is 36.4 Å². The van der Waals surface area contributed by atoms with Gasteiger partial charge in [0, 0.05) is 88.7 Å². The van der Waals surface area contributed by atoms with Crippen LogP contribution < -0.4 is 0 Å². The van der Waals surface area contributed by atoms with Gasteiger partial charge in [-0.2, -0.15) is 0 Å². The Balaban J connectivity index is -0.000000120. The van der Waals surface area contributed by atoms with E-state index in [0.717, 1.165) is 0 Å². The molecular formula is C6H6Na3. The Morgan fingerprint density at radius 3 is 0.556 bits per heavy atom. The zero-order chi connectivity index (χ0) is 4.24. The van der Waals surface area contributed by atoms with Crippen molar-refractivity contribution in [2.24, 2.45) is 0 Å². The van der Waals surface area contributed by atoms with Crippen LogP contribution in [0.25, 0.3) is 0 Å². The van der Waals surface area contributed by atoms with Crippen molar-refractivity contribution >= 4 is 88.7 Å². The first kappa shape index (κ1) is 17.3. The fourth-order valence-corrected chi connectivity index (χ4v) is 0.385. The molecule has 0 N–H and O–H groups in total. The summed E-state index contributed by atoms with van der Waals surface area (Å²) in [6.45, 7) is 0. The van der Waals surface area contributed by atoms with E-state index in [-0.39, 0.29) is 88.7 Å². The van der Waals surface area contributed by atoms with Crippen LogP contribution in [0.5, 0.6) is 0 Å². The van der Waals surface area contributed by atoms with Gasteiger partial charge in [0.2, 0.25) is 0 Å². The van der Waals surface area contributed by atoms with Gasteiger partial charge in [0.05, 0.1) is 0 Å². The summed E-state index contributed by atoms with van der Waals surface area (Å²) < 4.78 is 0. The van der Waals surface area contributed by atoms with E-state index < -0.39 is 0 Å². The van der Waals surface area contributed by atoms with Crippen LogP contribution in [-0.2, 0) is 0 Å². The molecule has 0 bridgehead atoms. The van der Waals surface area contributed by atoms with Gasteiger partial charge in [0.1, 0.15) is 0 Å². The normalized spacial score (nSPS) is 5.33. The number of hydrogen-bond donors (Lipinski definition) is 0. The molecule has 0 saturated carbocycles. The maximum absolute atomic E-state index is 2.00. The van der Waals surface area contributed by atoms with Gasteiger partial charge in [-0.3, -0.25) is 0 Å². The summed E-state index contributed by atoms with van der Waals surface area (Å²) in [6.07, 6.45) is 0. The Morgan fingerprint density at radius 2 is 0.444 bits per heavy atom. The van der Waals surface area contributed by atoms with Crippen molar-refractivity contribution in [2.45, 2.75) is 0 Å². The predicted molar refractivity (Wildman–Crippen MR) is 43.7 cm³/mol. The van der Waals surface area contributed by atoms with Crippen LogP contribution in [0.1, 0.15) is 0 Å². The maximum Gasteiger partial charge on any atom is 0 e. The van der Waals surface area contributed by atoms with Crippen molar-refractivity contribution < 1.29 is 0 Å². The third-order valence-electron chi connectivity index (χ3n) is 0.667. The topological polar surface area (TPSA) is 0 Å². The molecule has 0 saturated heterocycles. The Morgan fingerprint density at radius 1 is 0.333 bits per heavy atom. The molecule has 0 spiro atoms. The van der Waals surface area contributed by atoms with Crippen LogP contribution in [-0.4, -0.2) is 88.7 Å². The van der Waals surface area contributed by atoms with Crippen molar-refractivity contribution in [1.82, 2.24) is 0 Å². The van der Waals surface area contributed by atoms with E-state index in [0.29, 0.717) is 0 Å². The van der Waals surface area contributed by atoms with Gasteiger partial charge in [0.25, 0.3) is 0 Å². The zero-order valence-electron chi connectivity index (χ0n) is 6.46. The molecule has 3 heteroatoms. The number of benzene rings is 1. The van der Waals surface area contributed by atoms with Crippen LogP contribution in [0.2, 0.25) is 0 Å². The second-order valence-electron chi connectivity index (χ2n) is 1.15. The second kappa shape index (κ2) is 12.9. The first-order valence-corrected chi connectivity index (χ1v) is 2.00. The Bertz CT molecular complexity index is 80.2. The molecule has 9 heavy (non-hydrogen) atoms. The Labute approximate surface area is 123 Å². The van der Waals surface area contributed by atoms with Crippen LogP contribution >= 0.6 is 0 Å². The van der Waals surface area contributed by atoms with Crippen LogP contribution in [0.4, 0.5) is 0 Å². The van der Waals surface area contributed by atoms with E-state index in [1.165, 1.54) is 0 Å². The maximum atomic E-state index is 2.00. The minimum atomic E-state index is 0. The van der Waals surface area contributed by atoms with E-state index >= 15 is 0 Å². The monoisotopic (exact) mass is 147 g/mol. The third-order valence-corrected chi connectivity index (χ3v) is 0.667. The van der Waals surface area contributed by atoms with E-state index in [4.69, 9.17) is 0 Å². The predicted octanol–water partition coefficient (Wildman–Crippen LogP) is 0.544. The van der Waals surface area contributed by atoms with Gasteiger partial charge >= 0.3 is 0 Å². The average Bonchev–Trinajstić information content (AvgIpc) is 1.72. The van der Waals surface area contributed by atoms with Crippen LogP contribution in [0.3, 0.4) is 0 Å². The molecule has 1 aromatic carbocycles. The number of hydrogen-bond acceptors (Lipinski definition) is 0. The number of rotatable bonds is 0. The molecule has 3 radical (unpaired) electrons. The van der Waals surface area contributed by atoms with E-state index in [1.807, 2.05) is 36.4 Å². The molecule has 0 nitrogen and oxygen atoms in total. The van der Waals surface area contributed by atoms with Crippen molar-refractivity contribution in [3.8, 4) is 0 Å². The minimum Gasteiger partial charge on any atom is -0.0623 e. The van der Waals surface area contributed by atoms with E-state index in [1.54, 1.807) is 0 Å². The molecule has 0 unspecified atom stereocenters.